The van der Waals surface area contributed by atoms with Crippen molar-refractivity contribution in [1.29, 1.82) is 0 Å². The molecule has 3 nitrogen and oxygen atoms in total. The lowest BCUT2D eigenvalue weighted by atomic mass is 10.4. The molecule has 0 aromatic rings. The van der Waals surface area contributed by atoms with Gasteiger partial charge in [0.1, 0.15) is 6.61 Å². The highest BCUT2D eigenvalue weighted by atomic mass is 19.4. The number of rotatable bonds is 8. The molecule has 0 heterocycles. The van der Waals surface area contributed by atoms with E-state index in [1.807, 2.05) is 11.8 Å². The van der Waals surface area contributed by atoms with E-state index in [4.69, 9.17) is 5.11 Å². The first-order chi connectivity index (χ1) is 6.99. The average Bonchev–Trinajstić information content (AvgIpc) is 2.14. The highest BCUT2D eigenvalue weighted by molar-refractivity contribution is 4.54. The maximum atomic E-state index is 11.7. The van der Waals surface area contributed by atoms with Crippen LogP contribution in [0.15, 0.2) is 0 Å². The minimum Gasteiger partial charge on any atom is -0.395 e. The summed E-state index contributed by atoms with van der Waals surface area (Å²) >= 11 is 0. The molecule has 0 fully saturated rings. The van der Waals surface area contributed by atoms with Crippen LogP contribution in [0, 0.1) is 0 Å². The van der Waals surface area contributed by atoms with Crippen molar-refractivity contribution in [2.75, 3.05) is 39.5 Å². The van der Waals surface area contributed by atoms with Gasteiger partial charge in [-0.1, -0.05) is 6.92 Å². The summed E-state index contributed by atoms with van der Waals surface area (Å²) < 4.78 is 39.4. The molecule has 0 saturated heterocycles. The number of alkyl halides is 3. The van der Waals surface area contributed by atoms with Gasteiger partial charge in [0.15, 0.2) is 0 Å². The molecular weight excluding hydrogens is 211 g/mol. The molecule has 0 amide bonds. The van der Waals surface area contributed by atoms with Crippen molar-refractivity contribution >= 4 is 0 Å². The fraction of sp³-hybridized carbons (Fsp3) is 1.00. The maximum absolute atomic E-state index is 11.7. The van der Waals surface area contributed by atoms with E-state index in [1.165, 1.54) is 0 Å². The Morgan fingerprint density at radius 2 is 1.93 bits per heavy atom. The molecular formula is C9H18F3NO2. The first-order valence-electron chi connectivity index (χ1n) is 4.97. The highest BCUT2D eigenvalue weighted by Crippen LogP contribution is 2.14. The first kappa shape index (κ1) is 14.7. The monoisotopic (exact) mass is 229 g/mol. The van der Waals surface area contributed by atoms with E-state index in [0.717, 1.165) is 6.54 Å². The van der Waals surface area contributed by atoms with Gasteiger partial charge in [-0.05, 0) is 13.0 Å². The Labute approximate surface area is 87.8 Å². The van der Waals surface area contributed by atoms with E-state index in [2.05, 4.69) is 4.74 Å². The van der Waals surface area contributed by atoms with Crippen LogP contribution in [0.3, 0.4) is 0 Å². The van der Waals surface area contributed by atoms with Crippen LogP contribution in [0.2, 0.25) is 0 Å². The zero-order valence-corrected chi connectivity index (χ0v) is 8.89. The second kappa shape index (κ2) is 7.90. The Morgan fingerprint density at radius 1 is 1.27 bits per heavy atom. The number of hydrogen-bond donors (Lipinski definition) is 1. The Hall–Kier alpha value is -0.330. The van der Waals surface area contributed by atoms with Gasteiger partial charge in [-0.25, -0.2) is 0 Å². The van der Waals surface area contributed by atoms with Gasteiger partial charge in [0.25, 0.3) is 0 Å². The molecule has 0 spiro atoms. The van der Waals surface area contributed by atoms with Gasteiger partial charge >= 0.3 is 6.18 Å². The summed E-state index contributed by atoms with van der Waals surface area (Å²) in [6.45, 7) is 2.90. The van der Waals surface area contributed by atoms with E-state index < -0.39 is 12.8 Å². The summed E-state index contributed by atoms with van der Waals surface area (Å²) in [6.07, 6.45) is -3.69. The van der Waals surface area contributed by atoms with Crippen LogP contribution >= 0.6 is 0 Å². The third kappa shape index (κ3) is 9.96. The van der Waals surface area contributed by atoms with Crippen LogP contribution in [0.25, 0.3) is 0 Å². The molecule has 0 unspecified atom stereocenters. The molecule has 0 aliphatic carbocycles. The predicted molar refractivity (Wildman–Crippen MR) is 50.7 cm³/mol. The minimum absolute atomic E-state index is 0.0667. The molecule has 0 aliphatic heterocycles. The van der Waals surface area contributed by atoms with Crippen molar-refractivity contribution < 1.29 is 23.0 Å². The Morgan fingerprint density at radius 3 is 2.40 bits per heavy atom. The number of aliphatic hydroxyl groups excluding tert-OH is 1. The molecule has 0 aliphatic rings. The quantitative estimate of drug-likeness (QED) is 0.636. The number of nitrogens with zero attached hydrogens (tertiary/aromatic N) is 1. The summed E-state index contributed by atoms with van der Waals surface area (Å²) in [5.74, 6) is 0. The zero-order valence-electron chi connectivity index (χ0n) is 8.89. The third-order valence-corrected chi connectivity index (χ3v) is 1.89. The Bertz CT molecular complexity index is 153. The lowest BCUT2D eigenvalue weighted by Gasteiger charge is -2.18. The molecule has 0 rings (SSSR count). The summed E-state index contributed by atoms with van der Waals surface area (Å²) in [4.78, 5) is 1.96. The molecule has 0 aromatic carbocycles. The van der Waals surface area contributed by atoms with Gasteiger partial charge < -0.3 is 14.7 Å². The topological polar surface area (TPSA) is 32.7 Å². The second-order valence-electron chi connectivity index (χ2n) is 3.18. The SMILES string of the molecule is CCN(CCO)CCCOCC(F)(F)F. The van der Waals surface area contributed by atoms with Gasteiger partial charge in [0.05, 0.1) is 6.61 Å². The number of hydrogen-bond acceptors (Lipinski definition) is 3. The number of aliphatic hydroxyl groups is 1. The highest BCUT2D eigenvalue weighted by Gasteiger charge is 2.27. The summed E-state index contributed by atoms with van der Waals surface area (Å²) in [5.41, 5.74) is 0. The van der Waals surface area contributed by atoms with Crippen molar-refractivity contribution in [3.8, 4) is 0 Å². The maximum Gasteiger partial charge on any atom is 0.411 e. The van der Waals surface area contributed by atoms with Crippen molar-refractivity contribution in [2.45, 2.75) is 19.5 Å². The van der Waals surface area contributed by atoms with Crippen LogP contribution < -0.4 is 0 Å². The van der Waals surface area contributed by atoms with Crippen molar-refractivity contribution in [1.82, 2.24) is 4.90 Å². The standard InChI is InChI=1S/C9H18F3NO2/c1-2-13(5-6-14)4-3-7-15-8-9(10,11)12/h14H,2-8H2,1H3. The van der Waals surface area contributed by atoms with Crippen molar-refractivity contribution in [2.24, 2.45) is 0 Å². The average molecular weight is 229 g/mol. The molecule has 0 atom stereocenters. The first-order valence-corrected chi connectivity index (χ1v) is 4.97. The molecule has 0 aromatic heterocycles. The summed E-state index contributed by atoms with van der Waals surface area (Å²) in [6, 6.07) is 0. The predicted octanol–water partition coefficient (Wildman–Crippen LogP) is 1.27. The van der Waals surface area contributed by atoms with Crippen LogP contribution in [-0.4, -0.2) is 55.6 Å². The minimum atomic E-state index is -4.24. The Kier molecular flexibility index (Phi) is 7.72. The largest absolute Gasteiger partial charge is 0.411 e. The normalized spacial score (nSPS) is 12.4. The van der Waals surface area contributed by atoms with E-state index in [0.29, 0.717) is 19.5 Å². The number of halogens is 3. The van der Waals surface area contributed by atoms with Gasteiger partial charge in [-0.3, -0.25) is 0 Å². The lowest BCUT2D eigenvalue weighted by molar-refractivity contribution is -0.174. The molecule has 0 saturated carbocycles. The van der Waals surface area contributed by atoms with E-state index in [-0.39, 0.29) is 13.2 Å². The van der Waals surface area contributed by atoms with Crippen LogP contribution in [0.5, 0.6) is 0 Å². The molecule has 6 heteroatoms. The third-order valence-electron chi connectivity index (χ3n) is 1.89. The molecule has 0 radical (unpaired) electrons. The number of ether oxygens (including phenoxy) is 1. The molecule has 0 bridgehead atoms. The zero-order chi connectivity index (χ0) is 11.7. The van der Waals surface area contributed by atoms with Gasteiger partial charge in [0.2, 0.25) is 0 Å². The molecule has 92 valence electrons. The van der Waals surface area contributed by atoms with Crippen molar-refractivity contribution in [3.63, 3.8) is 0 Å². The fourth-order valence-electron chi connectivity index (χ4n) is 1.15. The summed E-state index contributed by atoms with van der Waals surface area (Å²) in [7, 11) is 0. The van der Waals surface area contributed by atoms with E-state index >= 15 is 0 Å². The van der Waals surface area contributed by atoms with Gasteiger partial charge in [-0.2, -0.15) is 13.2 Å². The molecule has 15 heavy (non-hydrogen) atoms. The summed E-state index contributed by atoms with van der Waals surface area (Å²) in [5, 5.41) is 8.66. The van der Waals surface area contributed by atoms with E-state index in [9.17, 15) is 13.2 Å². The van der Waals surface area contributed by atoms with Gasteiger partial charge in [0, 0.05) is 19.7 Å². The molecule has 1 N–H and O–H groups in total. The van der Waals surface area contributed by atoms with Crippen LogP contribution in [-0.2, 0) is 4.74 Å². The van der Waals surface area contributed by atoms with E-state index in [1.54, 1.807) is 0 Å². The van der Waals surface area contributed by atoms with Crippen molar-refractivity contribution in [3.05, 3.63) is 0 Å². The van der Waals surface area contributed by atoms with Crippen LogP contribution in [0.1, 0.15) is 13.3 Å². The number of likely N-dealkylation sites (N-methyl/N-ethyl adjacent to an activating group) is 1. The van der Waals surface area contributed by atoms with Gasteiger partial charge in [-0.15, -0.1) is 0 Å². The Balaban J connectivity index is 3.36. The lowest BCUT2D eigenvalue weighted by Crippen LogP contribution is -2.28. The van der Waals surface area contributed by atoms with Crippen LogP contribution in [0.4, 0.5) is 13.2 Å². The second-order valence-corrected chi connectivity index (χ2v) is 3.18. The smallest absolute Gasteiger partial charge is 0.395 e. The fourth-order valence-corrected chi connectivity index (χ4v) is 1.15.